The summed E-state index contributed by atoms with van der Waals surface area (Å²) in [5, 5.41) is 0. The number of fused-ring (bicyclic) bond motifs is 1. The highest BCUT2D eigenvalue weighted by molar-refractivity contribution is 5.99. The van der Waals surface area contributed by atoms with Gasteiger partial charge in [-0.2, -0.15) is 13.2 Å². The number of imidazole rings is 1. The van der Waals surface area contributed by atoms with Crippen LogP contribution in [-0.2, 0) is 19.1 Å². The molecule has 0 aliphatic rings. The second-order valence-electron chi connectivity index (χ2n) is 7.64. The molecule has 0 atom stereocenters. The minimum Gasteiger partial charge on any atom is -0.366 e. The van der Waals surface area contributed by atoms with E-state index in [0.717, 1.165) is 29.2 Å². The Hall–Kier alpha value is -3.61. The van der Waals surface area contributed by atoms with Gasteiger partial charge in [-0.1, -0.05) is 55.5 Å². The topological polar surface area (TPSA) is 60.9 Å². The van der Waals surface area contributed by atoms with Crippen LogP contribution in [0.1, 0.15) is 40.7 Å². The summed E-state index contributed by atoms with van der Waals surface area (Å²) in [4.78, 5) is 16.1. The Labute approximate surface area is 183 Å². The van der Waals surface area contributed by atoms with E-state index in [1.54, 1.807) is 18.2 Å². The van der Waals surface area contributed by atoms with Gasteiger partial charge in [-0.3, -0.25) is 4.79 Å². The summed E-state index contributed by atoms with van der Waals surface area (Å²) in [5.41, 5.74) is 8.14. The predicted octanol–water partition coefficient (Wildman–Crippen LogP) is 5.82. The van der Waals surface area contributed by atoms with Crippen molar-refractivity contribution in [2.45, 2.75) is 32.5 Å². The number of carbonyl (C=O) groups is 1. The molecule has 1 heterocycles. The van der Waals surface area contributed by atoms with Crippen molar-refractivity contribution < 1.29 is 18.0 Å². The van der Waals surface area contributed by atoms with Gasteiger partial charge in [0.05, 0.1) is 11.1 Å². The van der Waals surface area contributed by atoms with E-state index >= 15 is 0 Å². The lowest BCUT2D eigenvalue weighted by molar-refractivity contribution is -0.136. The number of aromatic nitrogens is 2. The molecule has 1 aromatic heterocycles. The summed E-state index contributed by atoms with van der Waals surface area (Å²) < 4.78 is 42.3. The summed E-state index contributed by atoms with van der Waals surface area (Å²) in [5.74, 6) is 0.126. The molecule has 4 rings (SSSR count). The third kappa shape index (κ3) is 4.10. The molecule has 0 aliphatic heterocycles. The van der Waals surface area contributed by atoms with E-state index in [4.69, 9.17) is 5.73 Å². The van der Waals surface area contributed by atoms with Gasteiger partial charge in [-0.25, -0.2) is 4.98 Å². The summed E-state index contributed by atoms with van der Waals surface area (Å²) >= 11 is 0. The van der Waals surface area contributed by atoms with Crippen LogP contribution in [-0.4, -0.2) is 15.5 Å². The molecule has 0 aliphatic carbocycles. The molecule has 0 fully saturated rings. The fraction of sp³-hybridized carbons (Fsp3) is 0.200. The number of benzene rings is 3. The monoisotopic (exact) mass is 437 g/mol. The predicted molar refractivity (Wildman–Crippen MR) is 118 cm³/mol. The third-order valence-corrected chi connectivity index (χ3v) is 5.44. The molecule has 4 aromatic rings. The Morgan fingerprint density at radius 3 is 2.38 bits per heavy atom. The lowest BCUT2D eigenvalue weighted by Crippen LogP contribution is -2.12. The standard InChI is InChI=1S/C25H22F3N3O/c1-2-6-22-30-23-20(25(26,27)28)9-5-10-21(23)31(22)15-16-11-13-17(14-12-16)18-7-3-4-8-19(18)24(29)32/h3-5,7-14H,2,6,15H2,1H3,(H2,29,32). The van der Waals surface area contributed by atoms with Crippen LogP contribution in [0.25, 0.3) is 22.2 Å². The summed E-state index contributed by atoms with van der Waals surface area (Å²) in [6.45, 7) is 2.37. The van der Waals surface area contributed by atoms with Gasteiger partial charge < -0.3 is 10.3 Å². The van der Waals surface area contributed by atoms with E-state index in [0.29, 0.717) is 29.9 Å². The molecule has 4 nitrogen and oxygen atoms in total. The molecule has 0 radical (unpaired) electrons. The molecule has 0 saturated heterocycles. The number of amides is 1. The Morgan fingerprint density at radius 1 is 1.00 bits per heavy atom. The molecule has 1 amide bonds. The van der Waals surface area contributed by atoms with E-state index in [1.807, 2.05) is 47.9 Å². The second kappa shape index (κ2) is 8.49. The number of aryl methyl sites for hydroxylation is 1. The van der Waals surface area contributed by atoms with Gasteiger partial charge in [-0.05, 0) is 41.3 Å². The van der Waals surface area contributed by atoms with E-state index in [9.17, 15) is 18.0 Å². The SMILES string of the molecule is CCCc1nc2c(C(F)(F)F)cccc2n1Cc1ccc(-c2ccccc2C(N)=O)cc1. The number of primary amides is 1. The first-order valence-corrected chi connectivity index (χ1v) is 10.3. The first-order chi connectivity index (χ1) is 15.3. The largest absolute Gasteiger partial charge is 0.418 e. The molecule has 0 saturated carbocycles. The smallest absolute Gasteiger partial charge is 0.366 e. The number of nitrogens with zero attached hydrogens (tertiary/aromatic N) is 2. The molecule has 32 heavy (non-hydrogen) atoms. The number of para-hydroxylation sites is 1. The zero-order valence-electron chi connectivity index (χ0n) is 17.5. The number of carbonyl (C=O) groups excluding carboxylic acids is 1. The van der Waals surface area contributed by atoms with Crippen LogP contribution in [0, 0.1) is 0 Å². The Kier molecular flexibility index (Phi) is 5.74. The maximum absolute atomic E-state index is 13.5. The van der Waals surface area contributed by atoms with Crippen molar-refractivity contribution in [2.24, 2.45) is 5.73 Å². The van der Waals surface area contributed by atoms with E-state index < -0.39 is 17.6 Å². The average Bonchev–Trinajstić information content (AvgIpc) is 3.11. The number of alkyl halides is 3. The first-order valence-electron chi connectivity index (χ1n) is 10.3. The zero-order valence-corrected chi connectivity index (χ0v) is 17.5. The number of halogens is 3. The maximum atomic E-state index is 13.5. The van der Waals surface area contributed by atoms with Gasteiger partial charge in [0.25, 0.3) is 0 Å². The molecule has 0 unspecified atom stereocenters. The van der Waals surface area contributed by atoms with Crippen LogP contribution in [0.2, 0.25) is 0 Å². The number of rotatable bonds is 6. The van der Waals surface area contributed by atoms with E-state index in [-0.39, 0.29) is 5.52 Å². The number of nitrogens with two attached hydrogens (primary N) is 1. The van der Waals surface area contributed by atoms with Crippen molar-refractivity contribution >= 4 is 16.9 Å². The molecule has 164 valence electrons. The van der Waals surface area contributed by atoms with Gasteiger partial charge in [0.1, 0.15) is 11.3 Å². The first kappa shape index (κ1) is 21.6. The molecule has 0 spiro atoms. The molecule has 3 aromatic carbocycles. The quantitative estimate of drug-likeness (QED) is 0.413. The molecular formula is C25H22F3N3O. The summed E-state index contributed by atoms with van der Waals surface area (Å²) in [6.07, 6.45) is -3.11. The number of hydrogen-bond donors (Lipinski definition) is 1. The van der Waals surface area contributed by atoms with E-state index in [1.165, 1.54) is 6.07 Å². The number of hydrogen-bond acceptors (Lipinski definition) is 2. The maximum Gasteiger partial charge on any atom is 0.418 e. The molecule has 7 heteroatoms. The molecule has 2 N–H and O–H groups in total. The van der Waals surface area contributed by atoms with Gasteiger partial charge in [0.2, 0.25) is 5.91 Å². The highest BCUT2D eigenvalue weighted by atomic mass is 19.4. The summed E-state index contributed by atoms with van der Waals surface area (Å²) in [7, 11) is 0. The van der Waals surface area contributed by atoms with E-state index in [2.05, 4.69) is 4.98 Å². The minimum atomic E-state index is -4.46. The fourth-order valence-electron chi connectivity index (χ4n) is 3.94. The second-order valence-corrected chi connectivity index (χ2v) is 7.64. The Morgan fingerprint density at radius 2 is 1.72 bits per heavy atom. The van der Waals surface area contributed by atoms with Crippen LogP contribution in [0.4, 0.5) is 13.2 Å². The third-order valence-electron chi connectivity index (χ3n) is 5.44. The Bertz CT molecular complexity index is 1270. The summed E-state index contributed by atoms with van der Waals surface area (Å²) in [6, 6.07) is 18.8. The normalized spacial score (nSPS) is 11.8. The minimum absolute atomic E-state index is 0.0181. The molecular weight excluding hydrogens is 415 g/mol. The zero-order chi connectivity index (χ0) is 22.9. The van der Waals surface area contributed by atoms with Crippen LogP contribution < -0.4 is 5.73 Å². The van der Waals surface area contributed by atoms with Crippen LogP contribution in [0.3, 0.4) is 0 Å². The Balaban J connectivity index is 1.73. The lowest BCUT2D eigenvalue weighted by atomic mass is 9.98. The van der Waals surface area contributed by atoms with Crippen molar-refractivity contribution in [2.75, 3.05) is 0 Å². The molecule has 0 bridgehead atoms. The average molecular weight is 437 g/mol. The van der Waals surface area contributed by atoms with Gasteiger partial charge in [0, 0.05) is 18.5 Å². The van der Waals surface area contributed by atoms with Gasteiger partial charge in [0.15, 0.2) is 0 Å². The van der Waals surface area contributed by atoms with Crippen molar-refractivity contribution in [3.05, 3.63) is 89.2 Å². The van der Waals surface area contributed by atoms with Gasteiger partial charge in [-0.15, -0.1) is 0 Å². The van der Waals surface area contributed by atoms with Crippen LogP contribution in [0.15, 0.2) is 66.7 Å². The van der Waals surface area contributed by atoms with Crippen molar-refractivity contribution in [1.82, 2.24) is 9.55 Å². The van der Waals surface area contributed by atoms with Gasteiger partial charge >= 0.3 is 6.18 Å². The van der Waals surface area contributed by atoms with Crippen LogP contribution in [0.5, 0.6) is 0 Å². The highest BCUT2D eigenvalue weighted by Crippen LogP contribution is 2.35. The highest BCUT2D eigenvalue weighted by Gasteiger charge is 2.34. The fourth-order valence-corrected chi connectivity index (χ4v) is 3.94. The van der Waals surface area contributed by atoms with Crippen LogP contribution >= 0.6 is 0 Å². The van der Waals surface area contributed by atoms with Crippen molar-refractivity contribution in [3.8, 4) is 11.1 Å². The van der Waals surface area contributed by atoms with Crippen molar-refractivity contribution in [3.63, 3.8) is 0 Å². The lowest BCUT2D eigenvalue weighted by Gasteiger charge is -2.12. The van der Waals surface area contributed by atoms with Crippen molar-refractivity contribution in [1.29, 1.82) is 0 Å².